The summed E-state index contributed by atoms with van der Waals surface area (Å²) in [6.45, 7) is 0.750. The van der Waals surface area contributed by atoms with E-state index in [9.17, 15) is 18.0 Å². The van der Waals surface area contributed by atoms with Gasteiger partial charge >= 0.3 is 12.1 Å². The minimum Gasteiger partial charge on any atom is -0.477 e. The van der Waals surface area contributed by atoms with E-state index in [2.05, 4.69) is 14.9 Å². The van der Waals surface area contributed by atoms with Crippen molar-refractivity contribution in [3.8, 4) is 5.88 Å². The maximum absolute atomic E-state index is 12.1. The molecule has 0 bridgehead atoms. The number of carbonyl (C=O) groups is 1. The minimum atomic E-state index is -4.59. The summed E-state index contributed by atoms with van der Waals surface area (Å²) in [6.07, 6.45) is -5.69. The number of alkyl halides is 3. The van der Waals surface area contributed by atoms with E-state index in [4.69, 9.17) is 5.11 Å². The summed E-state index contributed by atoms with van der Waals surface area (Å²) < 4.78 is 40.8. The Morgan fingerprint density at radius 2 is 2.19 bits per heavy atom. The highest BCUT2D eigenvalue weighted by Gasteiger charge is 2.39. The smallest absolute Gasteiger partial charge is 0.425 e. The van der Waals surface area contributed by atoms with Gasteiger partial charge in [0.25, 0.3) is 0 Å². The normalized spacial score (nSPS) is 13.2. The molecule has 0 spiro atoms. The Bertz CT molecular complexity index is 394. The van der Waals surface area contributed by atoms with E-state index in [0.717, 1.165) is 19.2 Å². The van der Waals surface area contributed by atoms with Gasteiger partial charge in [0.15, 0.2) is 6.10 Å². The molecule has 5 nitrogen and oxygen atoms in total. The minimum absolute atomic E-state index is 0.467. The van der Waals surface area contributed by atoms with Gasteiger partial charge in [0.05, 0.1) is 6.20 Å². The Balaban J connectivity index is 2.93. The van der Waals surface area contributed by atoms with Crippen LogP contribution in [0, 0.1) is 0 Å². The van der Waals surface area contributed by atoms with Crippen LogP contribution in [-0.4, -0.2) is 33.6 Å². The van der Waals surface area contributed by atoms with E-state index in [1.165, 1.54) is 0 Å². The van der Waals surface area contributed by atoms with Gasteiger partial charge in [-0.15, -0.1) is 5.10 Å². The number of halogens is 3. The molecule has 16 heavy (non-hydrogen) atoms. The first-order valence-electron chi connectivity index (χ1n) is 4.10. The van der Waals surface area contributed by atoms with Crippen molar-refractivity contribution in [3.05, 3.63) is 17.8 Å². The predicted molar refractivity (Wildman–Crippen MR) is 45.1 cm³/mol. The van der Waals surface area contributed by atoms with Crippen LogP contribution in [0.5, 0.6) is 5.88 Å². The van der Waals surface area contributed by atoms with Gasteiger partial charge < -0.3 is 9.84 Å². The number of hydrogen-bond acceptors (Lipinski definition) is 4. The van der Waals surface area contributed by atoms with Crippen LogP contribution in [0.2, 0.25) is 0 Å². The van der Waals surface area contributed by atoms with Crippen molar-refractivity contribution in [2.45, 2.75) is 19.2 Å². The molecule has 88 valence electrons. The Kier molecular flexibility index (Phi) is 3.31. The van der Waals surface area contributed by atoms with Gasteiger partial charge in [-0.1, -0.05) is 0 Å². The van der Waals surface area contributed by atoms with E-state index in [1.54, 1.807) is 0 Å². The van der Waals surface area contributed by atoms with Crippen molar-refractivity contribution in [2.75, 3.05) is 0 Å². The summed E-state index contributed by atoms with van der Waals surface area (Å²) in [5.74, 6) is -2.08. The van der Waals surface area contributed by atoms with E-state index in [0.29, 0.717) is 0 Å². The molecule has 0 radical (unpaired) electrons. The van der Waals surface area contributed by atoms with Crippen LogP contribution in [0.4, 0.5) is 13.2 Å². The first kappa shape index (κ1) is 12.2. The summed E-state index contributed by atoms with van der Waals surface area (Å²) in [4.78, 5) is 10.6. The first-order chi connectivity index (χ1) is 7.32. The second-order valence-electron chi connectivity index (χ2n) is 2.86. The van der Waals surface area contributed by atoms with Gasteiger partial charge in [-0.3, -0.25) is 0 Å². The van der Waals surface area contributed by atoms with Crippen LogP contribution >= 0.6 is 0 Å². The molecule has 0 saturated heterocycles. The second kappa shape index (κ2) is 4.33. The van der Waals surface area contributed by atoms with Gasteiger partial charge in [0.2, 0.25) is 5.88 Å². The van der Waals surface area contributed by atoms with Crippen molar-refractivity contribution in [1.29, 1.82) is 0 Å². The van der Waals surface area contributed by atoms with Crippen LogP contribution in [0.3, 0.4) is 0 Å². The zero-order chi connectivity index (χ0) is 12.3. The molecule has 0 aliphatic rings. The molecule has 1 aromatic heterocycles. The lowest BCUT2D eigenvalue weighted by Gasteiger charge is -2.17. The van der Waals surface area contributed by atoms with Crippen molar-refractivity contribution in [1.82, 2.24) is 10.2 Å². The summed E-state index contributed by atoms with van der Waals surface area (Å²) in [6, 6.07) is 1.01. The monoisotopic (exact) mass is 236 g/mol. The SMILES string of the molecule is CC(Oc1nnccc1C(=O)O)C(F)(F)F. The fourth-order valence-electron chi connectivity index (χ4n) is 0.803. The quantitative estimate of drug-likeness (QED) is 0.860. The van der Waals surface area contributed by atoms with Crippen LogP contribution in [0.15, 0.2) is 12.3 Å². The Hall–Kier alpha value is -1.86. The second-order valence-corrected chi connectivity index (χ2v) is 2.86. The Labute approximate surface area is 87.9 Å². The zero-order valence-electron chi connectivity index (χ0n) is 8.02. The molecule has 0 aliphatic carbocycles. The highest BCUT2D eigenvalue weighted by molar-refractivity contribution is 5.89. The van der Waals surface area contributed by atoms with E-state index >= 15 is 0 Å². The molecule has 1 aromatic rings. The van der Waals surface area contributed by atoms with Gasteiger partial charge in [-0.05, 0) is 13.0 Å². The number of ether oxygens (including phenoxy) is 1. The number of hydrogen-bond donors (Lipinski definition) is 1. The molecule has 0 fully saturated rings. The summed E-state index contributed by atoms with van der Waals surface area (Å²) in [5.41, 5.74) is -0.467. The van der Waals surface area contributed by atoms with Gasteiger partial charge in [0.1, 0.15) is 5.56 Å². The lowest BCUT2D eigenvalue weighted by Crippen LogP contribution is -2.32. The van der Waals surface area contributed by atoms with E-state index < -0.39 is 29.7 Å². The maximum Gasteiger partial charge on any atom is 0.425 e. The number of carboxylic acid groups (broad SMARTS) is 1. The standard InChI is InChI=1S/C8H7F3N2O3/c1-4(8(9,10)11)16-6-5(7(14)15)2-3-12-13-6/h2-4H,1H3,(H,14,15). The number of aromatic carboxylic acids is 1. The summed E-state index contributed by atoms with van der Waals surface area (Å²) >= 11 is 0. The van der Waals surface area contributed by atoms with Crippen LogP contribution in [0.1, 0.15) is 17.3 Å². The number of aromatic nitrogens is 2. The highest BCUT2D eigenvalue weighted by atomic mass is 19.4. The van der Waals surface area contributed by atoms with Crippen molar-refractivity contribution < 1.29 is 27.8 Å². The average molecular weight is 236 g/mol. The molecular formula is C8H7F3N2O3. The zero-order valence-corrected chi connectivity index (χ0v) is 8.02. The first-order valence-corrected chi connectivity index (χ1v) is 4.10. The van der Waals surface area contributed by atoms with Crippen LogP contribution in [0.25, 0.3) is 0 Å². The van der Waals surface area contributed by atoms with Crippen molar-refractivity contribution in [3.63, 3.8) is 0 Å². The van der Waals surface area contributed by atoms with Crippen LogP contribution < -0.4 is 4.74 Å². The Morgan fingerprint density at radius 3 is 2.69 bits per heavy atom. The molecule has 1 heterocycles. The van der Waals surface area contributed by atoms with Crippen molar-refractivity contribution >= 4 is 5.97 Å². The van der Waals surface area contributed by atoms with Crippen LogP contribution in [-0.2, 0) is 0 Å². The molecular weight excluding hydrogens is 229 g/mol. The lowest BCUT2D eigenvalue weighted by molar-refractivity contribution is -0.190. The molecule has 0 aromatic carbocycles. The number of rotatable bonds is 3. The third-order valence-corrected chi connectivity index (χ3v) is 1.67. The van der Waals surface area contributed by atoms with E-state index in [1.807, 2.05) is 0 Å². The Morgan fingerprint density at radius 1 is 1.56 bits per heavy atom. The number of nitrogens with zero attached hydrogens (tertiary/aromatic N) is 2. The summed E-state index contributed by atoms with van der Waals surface area (Å²) in [7, 11) is 0. The lowest BCUT2D eigenvalue weighted by atomic mass is 10.3. The fraction of sp³-hybridized carbons (Fsp3) is 0.375. The highest BCUT2D eigenvalue weighted by Crippen LogP contribution is 2.25. The fourth-order valence-corrected chi connectivity index (χ4v) is 0.803. The molecule has 0 aliphatic heterocycles. The maximum atomic E-state index is 12.1. The van der Waals surface area contributed by atoms with Gasteiger partial charge in [-0.25, -0.2) is 4.79 Å². The van der Waals surface area contributed by atoms with Crippen molar-refractivity contribution in [2.24, 2.45) is 0 Å². The van der Waals surface area contributed by atoms with Gasteiger partial charge in [-0.2, -0.15) is 18.3 Å². The molecule has 0 saturated carbocycles. The van der Waals surface area contributed by atoms with E-state index in [-0.39, 0.29) is 0 Å². The molecule has 8 heteroatoms. The third-order valence-electron chi connectivity index (χ3n) is 1.67. The topological polar surface area (TPSA) is 72.3 Å². The average Bonchev–Trinajstić information content (AvgIpc) is 2.16. The molecule has 1 unspecified atom stereocenters. The molecule has 1 N–H and O–H groups in total. The summed E-state index contributed by atoms with van der Waals surface area (Å²) in [5, 5.41) is 15.1. The number of carboxylic acids is 1. The predicted octanol–water partition coefficient (Wildman–Crippen LogP) is 1.50. The molecule has 1 rings (SSSR count). The largest absolute Gasteiger partial charge is 0.477 e. The third kappa shape index (κ3) is 2.81. The molecule has 1 atom stereocenters. The van der Waals surface area contributed by atoms with Gasteiger partial charge in [0, 0.05) is 0 Å². The molecule has 0 amide bonds.